The van der Waals surface area contributed by atoms with E-state index in [4.69, 9.17) is 10.5 Å². The number of aromatic amines is 1. The van der Waals surface area contributed by atoms with Gasteiger partial charge in [0.1, 0.15) is 11.6 Å². The van der Waals surface area contributed by atoms with Crippen molar-refractivity contribution in [1.82, 2.24) is 15.2 Å². The highest BCUT2D eigenvalue weighted by Crippen LogP contribution is 2.53. The highest BCUT2D eigenvalue weighted by atomic mass is 19.4. The third-order valence-electron chi connectivity index (χ3n) is 6.17. The van der Waals surface area contributed by atoms with Crippen molar-refractivity contribution in [2.24, 2.45) is 11.7 Å². The number of alkyl halides is 3. The molecule has 33 heavy (non-hydrogen) atoms. The lowest BCUT2D eigenvalue weighted by Gasteiger charge is -2.41. The standard InChI is InChI=1S/C24H22F3N5O/c1-12(2)23(19(11-28)21(29)33-22-20(23)14(4)31-32-22)16-8-15(9-17(10-16)24(25,26)27)18-6-5-7-30-13(18)3/h5-10,12H,29H2,1-4H3,(H,31,32). The van der Waals surface area contributed by atoms with Gasteiger partial charge >= 0.3 is 6.18 Å². The third kappa shape index (κ3) is 3.33. The van der Waals surface area contributed by atoms with Crippen molar-refractivity contribution in [3.8, 4) is 23.1 Å². The molecule has 2 aromatic heterocycles. The molecule has 0 amide bonds. The van der Waals surface area contributed by atoms with E-state index in [2.05, 4.69) is 21.3 Å². The molecule has 1 unspecified atom stereocenters. The van der Waals surface area contributed by atoms with Crippen molar-refractivity contribution >= 4 is 0 Å². The predicted molar refractivity (Wildman–Crippen MR) is 116 cm³/mol. The Kier molecular flexibility index (Phi) is 5.20. The molecule has 4 rings (SSSR count). The van der Waals surface area contributed by atoms with E-state index in [1.807, 2.05) is 13.8 Å². The summed E-state index contributed by atoms with van der Waals surface area (Å²) >= 11 is 0. The normalized spacial score (nSPS) is 18.2. The van der Waals surface area contributed by atoms with Crippen molar-refractivity contribution in [2.75, 3.05) is 0 Å². The van der Waals surface area contributed by atoms with E-state index in [0.717, 1.165) is 12.1 Å². The first kappa shape index (κ1) is 22.4. The summed E-state index contributed by atoms with van der Waals surface area (Å²) in [7, 11) is 0. The van der Waals surface area contributed by atoms with Gasteiger partial charge < -0.3 is 10.5 Å². The predicted octanol–water partition coefficient (Wildman–Crippen LogP) is 5.14. The summed E-state index contributed by atoms with van der Waals surface area (Å²) in [6, 6.07) is 9.35. The van der Waals surface area contributed by atoms with Gasteiger partial charge in [0, 0.05) is 23.1 Å². The minimum absolute atomic E-state index is 0.0442. The summed E-state index contributed by atoms with van der Waals surface area (Å²) in [5.74, 6) is -0.396. The number of aryl methyl sites for hydroxylation is 2. The van der Waals surface area contributed by atoms with Crippen molar-refractivity contribution in [1.29, 1.82) is 5.26 Å². The van der Waals surface area contributed by atoms with Crippen LogP contribution in [0.3, 0.4) is 0 Å². The summed E-state index contributed by atoms with van der Waals surface area (Å²) in [6.07, 6.45) is -3.03. The van der Waals surface area contributed by atoms with Crippen LogP contribution in [0, 0.1) is 31.1 Å². The number of allylic oxidation sites excluding steroid dienone is 1. The lowest BCUT2D eigenvalue weighted by molar-refractivity contribution is -0.137. The minimum Gasteiger partial charge on any atom is -0.420 e. The maximum absolute atomic E-state index is 14.1. The van der Waals surface area contributed by atoms with Gasteiger partial charge in [-0.2, -0.15) is 18.4 Å². The number of aromatic nitrogens is 3. The van der Waals surface area contributed by atoms with Crippen LogP contribution in [0.25, 0.3) is 11.1 Å². The molecule has 1 atom stereocenters. The van der Waals surface area contributed by atoms with Crippen molar-refractivity contribution in [3.63, 3.8) is 0 Å². The van der Waals surface area contributed by atoms with Crippen LogP contribution in [0.1, 0.15) is 41.9 Å². The molecule has 1 aliphatic rings. The number of fused-ring (bicyclic) bond motifs is 1. The van der Waals surface area contributed by atoms with Gasteiger partial charge in [0.05, 0.1) is 16.5 Å². The number of ether oxygens (including phenoxy) is 1. The van der Waals surface area contributed by atoms with Crippen LogP contribution in [0.4, 0.5) is 13.2 Å². The number of rotatable bonds is 3. The first-order valence-electron chi connectivity index (χ1n) is 10.3. The quantitative estimate of drug-likeness (QED) is 0.572. The molecule has 3 N–H and O–H groups in total. The van der Waals surface area contributed by atoms with E-state index in [1.54, 1.807) is 38.2 Å². The Morgan fingerprint density at radius 1 is 1.21 bits per heavy atom. The molecule has 170 valence electrons. The lowest BCUT2D eigenvalue weighted by Crippen LogP contribution is -2.41. The Hall–Kier alpha value is -3.80. The fourth-order valence-electron chi connectivity index (χ4n) is 4.73. The molecule has 0 saturated heterocycles. The van der Waals surface area contributed by atoms with E-state index in [0.29, 0.717) is 28.1 Å². The second-order valence-electron chi connectivity index (χ2n) is 8.38. The molecule has 0 fully saturated rings. The fraction of sp³-hybridized carbons (Fsp3) is 0.292. The van der Waals surface area contributed by atoms with E-state index >= 15 is 0 Å². The van der Waals surface area contributed by atoms with Gasteiger partial charge in [-0.25, -0.2) is 0 Å². The van der Waals surface area contributed by atoms with Gasteiger partial charge in [-0.1, -0.05) is 19.9 Å². The molecule has 0 radical (unpaired) electrons. The molecular weight excluding hydrogens is 431 g/mol. The SMILES string of the molecule is Cc1ncccc1-c1cc(C(F)(F)F)cc(C2(C(C)C)C(C#N)=C(N)Oc3n[nH]c(C)c32)c1. The number of nitrogens with zero attached hydrogens (tertiary/aromatic N) is 3. The number of H-pyrrole nitrogens is 1. The first-order chi connectivity index (χ1) is 15.5. The lowest BCUT2D eigenvalue weighted by atomic mass is 9.61. The van der Waals surface area contributed by atoms with Gasteiger partial charge in [-0.3, -0.25) is 10.1 Å². The number of halogens is 3. The van der Waals surface area contributed by atoms with Gasteiger partial charge in [0.2, 0.25) is 11.8 Å². The number of nitriles is 1. The molecule has 0 aliphatic carbocycles. The summed E-state index contributed by atoms with van der Waals surface area (Å²) in [5.41, 5.74) is 6.86. The molecule has 1 aliphatic heterocycles. The molecule has 0 saturated carbocycles. The zero-order valence-electron chi connectivity index (χ0n) is 18.5. The largest absolute Gasteiger partial charge is 0.420 e. The molecule has 3 aromatic rings. The van der Waals surface area contributed by atoms with Crippen molar-refractivity contribution < 1.29 is 17.9 Å². The zero-order valence-corrected chi connectivity index (χ0v) is 18.5. The minimum atomic E-state index is -4.61. The molecular formula is C24H22F3N5O. The Morgan fingerprint density at radius 3 is 2.55 bits per heavy atom. The second kappa shape index (κ2) is 7.66. The second-order valence-corrected chi connectivity index (χ2v) is 8.38. The van der Waals surface area contributed by atoms with Crippen molar-refractivity contribution in [2.45, 2.75) is 39.3 Å². The Morgan fingerprint density at radius 2 is 1.94 bits per heavy atom. The maximum atomic E-state index is 14.1. The monoisotopic (exact) mass is 453 g/mol. The topological polar surface area (TPSA) is 101 Å². The number of hydrogen-bond acceptors (Lipinski definition) is 5. The van der Waals surface area contributed by atoms with Gasteiger partial charge in [0.25, 0.3) is 0 Å². The Bertz CT molecular complexity index is 1320. The van der Waals surface area contributed by atoms with Crippen LogP contribution in [0.15, 0.2) is 48.0 Å². The number of hydrogen-bond donors (Lipinski definition) is 2. The Balaban J connectivity index is 2.16. The summed E-state index contributed by atoms with van der Waals surface area (Å²) < 4.78 is 47.8. The van der Waals surface area contributed by atoms with Gasteiger partial charge in [-0.15, -0.1) is 5.10 Å². The molecule has 9 heteroatoms. The van der Waals surface area contributed by atoms with Crippen LogP contribution in [0.5, 0.6) is 5.88 Å². The summed E-state index contributed by atoms with van der Waals surface area (Å²) in [5, 5.41) is 17.1. The molecule has 6 nitrogen and oxygen atoms in total. The average Bonchev–Trinajstić information content (AvgIpc) is 3.12. The first-order valence-corrected chi connectivity index (χ1v) is 10.3. The van der Waals surface area contributed by atoms with Crippen LogP contribution < -0.4 is 10.5 Å². The summed E-state index contributed by atoms with van der Waals surface area (Å²) in [6.45, 7) is 7.14. The maximum Gasteiger partial charge on any atom is 0.416 e. The van der Waals surface area contributed by atoms with Crippen LogP contribution in [0.2, 0.25) is 0 Å². The van der Waals surface area contributed by atoms with E-state index < -0.39 is 17.2 Å². The van der Waals surface area contributed by atoms with Crippen LogP contribution in [-0.2, 0) is 11.6 Å². The highest BCUT2D eigenvalue weighted by molar-refractivity contribution is 5.71. The van der Waals surface area contributed by atoms with E-state index in [9.17, 15) is 18.4 Å². The zero-order chi connectivity index (χ0) is 24.1. The smallest absolute Gasteiger partial charge is 0.416 e. The van der Waals surface area contributed by atoms with E-state index in [-0.39, 0.29) is 28.8 Å². The molecule has 3 heterocycles. The third-order valence-corrected chi connectivity index (χ3v) is 6.17. The number of nitrogens with one attached hydrogen (secondary N) is 1. The number of benzene rings is 1. The summed E-state index contributed by atoms with van der Waals surface area (Å²) in [4.78, 5) is 4.23. The van der Waals surface area contributed by atoms with E-state index in [1.165, 1.54) is 0 Å². The molecule has 0 spiro atoms. The van der Waals surface area contributed by atoms with Crippen molar-refractivity contribution in [3.05, 3.63) is 76.1 Å². The average molecular weight is 453 g/mol. The molecule has 0 bridgehead atoms. The highest BCUT2D eigenvalue weighted by Gasteiger charge is 2.51. The fourth-order valence-corrected chi connectivity index (χ4v) is 4.73. The van der Waals surface area contributed by atoms with Gasteiger partial charge in [-0.05, 0) is 55.2 Å². The van der Waals surface area contributed by atoms with Crippen LogP contribution >= 0.6 is 0 Å². The molecule has 1 aromatic carbocycles. The number of pyridine rings is 1. The van der Waals surface area contributed by atoms with Crippen LogP contribution in [-0.4, -0.2) is 15.2 Å². The Labute approximate surface area is 188 Å². The number of nitrogens with two attached hydrogens (primary N) is 1. The van der Waals surface area contributed by atoms with Gasteiger partial charge in [0.15, 0.2) is 0 Å².